The summed E-state index contributed by atoms with van der Waals surface area (Å²) in [5.41, 5.74) is 2.15. The number of carbonyl (C=O) groups is 1. The van der Waals surface area contributed by atoms with Gasteiger partial charge in [-0.25, -0.2) is 4.68 Å². The average Bonchev–Trinajstić information content (AvgIpc) is 3.05. The molecule has 1 amide bonds. The highest BCUT2D eigenvalue weighted by atomic mass is 35.5. The number of piperidine rings is 1. The number of carbonyl (C=O) groups excluding carboxylic acids is 1. The average molecular weight is 398 g/mol. The molecule has 2 aromatic rings. The van der Waals surface area contributed by atoms with Gasteiger partial charge in [0.2, 0.25) is 0 Å². The first kappa shape index (κ1) is 20.7. The molecule has 142 valence electrons. The van der Waals surface area contributed by atoms with Crippen LogP contribution in [0.15, 0.2) is 24.3 Å². The summed E-state index contributed by atoms with van der Waals surface area (Å²) in [7, 11) is 1.97. The number of aromatic nitrogens is 3. The van der Waals surface area contributed by atoms with Crippen LogP contribution in [0.3, 0.4) is 0 Å². The van der Waals surface area contributed by atoms with Crippen molar-refractivity contribution in [2.45, 2.75) is 38.6 Å². The van der Waals surface area contributed by atoms with Gasteiger partial charge in [-0.2, -0.15) is 0 Å². The van der Waals surface area contributed by atoms with Gasteiger partial charge in [0.05, 0.1) is 11.4 Å². The van der Waals surface area contributed by atoms with E-state index in [0.717, 1.165) is 50.2 Å². The maximum Gasteiger partial charge on any atom is 0.276 e. The zero-order chi connectivity index (χ0) is 17.8. The molecule has 0 atom stereocenters. The van der Waals surface area contributed by atoms with Gasteiger partial charge in [0.15, 0.2) is 5.69 Å². The largest absolute Gasteiger partial charge is 0.337 e. The van der Waals surface area contributed by atoms with E-state index >= 15 is 0 Å². The summed E-state index contributed by atoms with van der Waals surface area (Å²) in [5, 5.41) is 12.4. The van der Waals surface area contributed by atoms with Gasteiger partial charge in [-0.1, -0.05) is 36.2 Å². The number of hydrogen-bond acceptors (Lipinski definition) is 4. The van der Waals surface area contributed by atoms with Crippen LogP contribution in [0.25, 0.3) is 5.69 Å². The molecule has 0 spiro atoms. The van der Waals surface area contributed by atoms with Crippen molar-refractivity contribution in [1.82, 2.24) is 25.2 Å². The van der Waals surface area contributed by atoms with E-state index in [0.29, 0.717) is 16.8 Å². The third-order valence-corrected chi connectivity index (χ3v) is 4.93. The SMILES string of the molecule is CCCc1c(C(=O)N2CCC(NC)CC2)nnn1-c1cccc(Cl)c1.Cl. The Morgan fingerprint density at radius 2 is 2.08 bits per heavy atom. The Morgan fingerprint density at radius 1 is 1.35 bits per heavy atom. The molecule has 26 heavy (non-hydrogen) atoms. The van der Waals surface area contributed by atoms with Crippen molar-refractivity contribution >= 4 is 29.9 Å². The minimum Gasteiger partial charge on any atom is -0.337 e. The van der Waals surface area contributed by atoms with E-state index in [1.807, 2.05) is 36.2 Å². The molecule has 1 aliphatic heterocycles. The fourth-order valence-corrected chi connectivity index (χ4v) is 3.45. The first-order valence-corrected chi connectivity index (χ1v) is 9.19. The second kappa shape index (κ2) is 9.35. The van der Waals surface area contributed by atoms with Crippen LogP contribution < -0.4 is 5.32 Å². The second-order valence-electron chi connectivity index (χ2n) is 6.38. The summed E-state index contributed by atoms with van der Waals surface area (Å²) in [6.07, 6.45) is 3.59. The molecule has 0 saturated carbocycles. The highest BCUT2D eigenvalue weighted by Gasteiger charge is 2.27. The maximum absolute atomic E-state index is 13.0. The predicted octanol–water partition coefficient (Wildman–Crippen LogP) is 3.12. The van der Waals surface area contributed by atoms with Gasteiger partial charge in [-0.15, -0.1) is 17.5 Å². The van der Waals surface area contributed by atoms with Crippen molar-refractivity contribution in [3.8, 4) is 5.69 Å². The summed E-state index contributed by atoms with van der Waals surface area (Å²) >= 11 is 6.10. The molecular formula is C18H25Cl2N5O. The minimum absolute atomic E-state index is 0. The number of amides is 1. The smallest absolute Gasteiger partial charge is 0.276 e. The Morgan fingerprint density at radius 3 is 2.69 bits per heavy atom. The van der Waals surface area contributed by atoms with E-state index in [1.54, 1.807) is 4.68 Å². The Balaban J connectivity index is 0.00000243. The Kier molecular flexibility index (Phi) is 7.43. The number of nitrogens with zero attached hydrogens (tertiary/aromatic N) is 4. The Hall–Kier alpha value is -1.63. The van der Waals surface area contributed by atoms with Crippen molar-refractivity contribution < 1.29 is 4.79 Å². The van der Waals surface area contributed by atoms with Crippen LogP contribution >= 0.6 is 24.0 Å². The number of rotatable bonds is 5. The number of likely N-dealkylation sites (tertiary alicyclic amines) is 1. The van der Waals surface area contributed by atoms with Crippen LogP contribution in [0.2, 0.25) is 5.02 Å². The van der Waals surface area contributed by atoms with Gasteiger partial charge in [0.1, 0.15) is 0 Å². The quantitative estimate of drug-likeness (QED) is 0.841. The van der Waals surface area contributed by atoms with Gasteiger partial charge in [0, 0.05) is 24.2 Å². The number of benzene rings is 1. The molecule has 0 radical (unpaired) electrons. The summed E-state index contributed by atoms with van der Waals surface area (Å²) in [6.45, 7) is 3.59. The summed E-state index contributed by atoms with van der Waals surface area (Å²) in [6, 6.07) is 7.94. The van der Waals surface area contributed by atoms with Crippen LogP contribution in [-0.2, 0) is 6.42 Å². The molecule has 6 nitrogen and oxygen atoms in total. The van der Waals surface area contributed by atoms with E-state index < -0.39 is 0 Å². The lowest BCUT2D eigenvalue weighted by Gasteiger charge is -2.31. The highest BCUT2D eigenvalue weighted by molar-refractivity contribution is 6.30. The molecular weight excluding hydrogens is 373 g/mol. The normalized spacial score (nSPS) is 15.0. The van der Waals surface area contributed by atoms with Crippen molar-refractivity contribution in [1.29, 1.82) is 0 Å². The van der Waals surface area contributed by atoms with Crippen LogP contribution in [-0.4, -0.2) is 52.0 Å². The first-order valence-electron chi connectivity index (χ1n) is 8.81. The second-order valence-corrected chi connectivity index (χ2v) is 6.82. The van der Waals surface area contributed by atoms with Crippen molar-refractivity contribution in [2.75, 3.05) is 20.1 Å². The first-order chi connectivity index (χ1) is 12.1. The lowest BCUT2D eigenvalue weighted by molar-refractivity contribution is 0.0700. The number of nitrogens with one attached hydrogen (secondary N) is 1. The minimum atomic E-state index is -0.0220. The number of halogens is 2. The summed E-state index contributed by atoms with van der Waals surface area (Å²) < 4.78 is 1.74. The molecule has 1 fully saturated rings. The van der Waals surface area contributed by atoms with E-state index in [-0.39, 0.29) is 18.3 Å². The van der Waals surface area contributed by atoms with E-state index in [1.165, 1.54) is 0 Å². The summed E-state index contributed by atoms with van der Waals surface area (Å²) in [4.78, 5) is 14.9. The Bertz CT molecular complexity index is 741. The molecule has 0 unspecified atom stereocenters. The van der Waals surface area contributed by atoms with E-state index in [2.05, 4.69) is 22.6 Å². The third-order valence-electron chi connectivity index (χ3n) is 4.70. The van der Waals surface area contributed by atoms with E-state index in [4.69, 9.17) is 11.6 Å². The van der Waals surface area contributed by atoms with Gasteiger partial charge < -0.3 is 10.2 Å². The van der Waals surface area contributed by atoms with Crippen molar-refractivity contribution in [2.24, 2.45) is 0 Å². The molecule has 1 saturated heterocycles. The standard InChI is InChI=1S/C18H24ClN5O.ClH/c1-3-5-16-17(18(25)23-10-8-14(20-2)9-11-23)21-22-24(16)15-7-4-6-13(19)12-15;/h4,6-7,12,14,20H,3,5,8-11H2,1-2H3;1H. The molecule has 1 aromatic heterocycles. The molecule has 3 rings (SSSR count). The van der Waals surface area contributed by atoms with Gasteiger partial charge in [0.25, 0.3) is 5.91 Å². The molecule has 8 heteroatoms. The fourth-order valence-electron chi connectivity index (χ4n) is 3.27. The molecule has 1 aliphatic rings. The van der Waals surface area contributed by atoms with Crippen LogP contribution in [0.4, 0.5) is 0 Å². The third kappa shape index (κ3) is 4.37. The molecule has 0 aliphatic carbocycles. The molecule has 1 aromatic carbocycles. The maximum atomic E-state index is 13.0. The lowest BCUT2D eigenvalue weighted by atomic mass is 10.0. The Labute approximate surface area is 165 Å². The zero-order valence-electron chi connectivity index (χ0n) is 15.1. The van der Waals surface area contributed by atoms with Crippen molar-refractivity contribution in [3.05, 3.63) is 40.7 Å². The van der Waals surface area contributed by atoms with Gasteiger partial charge in [-0.05, 0) is 44.5 Å². The van der Waals surface area contributed by atoms with Crippen LogP contribution in [0, 0.1) is 0 Å². The monoisotopic (exact) mass is 397 g/mol. The summed E-state index contributed by atoms with van der Waals surface area (Å²) in [5.74, 6) is -0.0220. The fraction of sp³-hybridized carbons (Fsp3) is 0.500. The molecule has 2 heterocycles. The van der Waals surface area contributed by atoms with E-state index in [9.17, 15) is 4.79 Å². The van der Waals surface area contributed by atoms with Crippen molar-refractivity contribution in [3.63, 3.8) is 0 Å². The van der Waals surface area contributed by atoms with Gasteiger partial charge >= 0.3 is 0 Å². The lowest BCUT2D eigenvalue weighted by Crippen LogP contribution is -2.44. The number of hydrogen-bond donors (Lipinski definition) is 1. The molecule has 0 bridgehead atoms. The topological polar surface area (TPSA) is 63.1 Å². The zero-order valence-corrected chi connectivity index (χ0v) is 16.7. The molecule has 1 N–H and O–H groups in total. The van der Waals surface area contributed by atoms with Crippen LogP contribution in [0.5, 0.6) is 0 Å². The van der Waals surface area contributed by atoms with Crippen LogP contribution in [0.1, 0.15) is 42.4 Å². The predicted molar refractivity (Wildman–Crippen MR) is 106 cm³/mol. The van der Waals surface area contributed by atoms with Gasteiger partial charge in [-0.3, -0.25) is 4.79 Å². The highest BCUT2D eigenvalue weighted by Crippen LogP contribution is 2.21.